The van der Waals surface area contributed by atoms with E-state index >= 15 is 0 Å². The first-order valence-electron chi connectivity index (χ1n) is 15.6. The zero-order chi connectivity index (χ0) is 30.8. The normalized spacial score (nSPS) is 17.0. The highest BCUT2D eigenvalue weighted by atomic mass is 16.7. The molecule has 2 aliphatic heterocycles. The molecule has 1 unspecified atom stereocenters. The number of cyclic esters (lactones) is 1. The van der Waals surface area contributed by atoms with E-state index in [4.69, 9.17) is 18.9 Å². The van der Waals surface area contributed by atoms with Gasteiger partial charge in [-0.1, -0.05) is 49.2 Å². The molecule has 0 saturated carbocycles. The maximum absolute atomic E-state index is 12.4. The number of anilines is 2. The number of para-hydroxylation sites is 1. The number of rotatable bonds is 14. The standard InChI is InChI=1S/C35H43N3O6/c1-35(2)42-25-28-23-27(17-18-31(28)44-35)32-24-38(34(40)43-32)19-8-3-4-9-20-41-21-11-13-26-12-10-16-30(22-26)37-33(39)36-29-14-6-5-7-15-29/h5-7,10,12,14-18,22-23,32H,3-4,8-9,11,13,19-21,24-25H2,1-2H3,(H2,36,37,39). The summed E-state index contributed by atoms with van der Waals surface area (Å²) in [5, 5.41) is 5.72. The van der Waals surface area contributed by atoms with Crippen molar-refractivity contribution in [1.29, 1.82) is 0 Å². The molecule has 2 N–H and O–H groups in total. The maximum Gasteiger partial charge on any atom is 0.410 e. The molecule has 234 valence electrons. The Balaban J connectivity index is 0.906. The average Bonchev–Trinajstić information content (AvgIpc) is 3.38. The number of aryl methyl sites for hydroxylation is 1. The number of amides is 3. The van der Waals surface area contributed by atoms with Crippen LogP contribution in [0.1, 0.15) is 68.7 Å². The third kappa shape index (κ3) is 9.21. The minimum Gasteiger partial charge on any atom is -0.463 e. The smallest absolute Gasteiger partial charge is 0.410 e. The molecule has 3 amide bonds. The fraction of sp³-hybridized carbons (Fsp3) is 0.429. The van der Waals surface area contributed by atoms with Crippen molar-refractivity contribution in [1.82, 2.24) is 4.90 Å². The number of nitrogens with zero attached hydrogens (tertiary/aromatic N) is 1. The van der Waals surface area contributed by atoms with Gasteiger partial charge in [0.25, 0.3) is 0 Å². The fourth-order valence-electron chi connectivity index (χ4n) is 5.38. The van der Waals surface area contributed by atoms with Crippen LogP contribution in [0.3, 0.4) is 0 Å². The number of benzene rings is 3. The lowest BCUT2D eigenvalue weighted by molar-refractivity contribution is -0.180. The number of ether oxygens (including phenoxy) is 4. The summed E-state index contributed by atoms with van der Waals surface area (Å²) in [6.07, 6.45) is 5.32. The summed E-state index contributed by atoms with van der Waals surface area (Å²) in [7, 11) is 0. The summed E-state index contributed by atoms with van der Waals surface area (Å²) in [5.41, 5.74) is 4.63. The van der Waals surface area contributed by atoms with Gasteiger partial charge >= 0.3 is 12.1 Å². The molecule has 5 rings (SSSR count). The van der Waals surface area contributed by atoms with E-state index < -0.39 is 5.79 Å². The first-order valence-corrected chi connectivity index (χ1v) is 15.6. The second-order valence-corrected chi connectivity index (χ2v) is 11.8. The largest absolute Gasteiger partial charge is 0.463 e. The Hall–Kier alpha value is -4.08. The predicted molar refractivity (Wildman–Crippen MR) is 170 cm³/mol. The minimum atomic E-state index is -0.631. The van der Waals surface area contributed by atoms with Crippen molar-refractivity contribution in [3.63, 3.8) is 0 Å². The van der Waals surface area contributed by atoms with Crippen LogP contribution in [0.2, 0.25) is 0 Å². The second-order valence-electron chi connectivity index (χ2n) is 11.8. The lowest BCUT2D eigenvalue weighted by atomic mass is 10.0. The molecule has 0 aliphatic carbocycles. The second kappa shape index (κ2) is 15.1. The van der Waals surface area contributed by atoms with Crippen molar-refractivity contribution < 1.29 is 28.5 Å². The minimum absolute atomic E-state index is 0.249. The topological polar surface area (TPSA) is 98.4 Å². The van der Waals surface area contributed by atoms with Crippen molar-refractivity contribution in [3.8, 4) is 5.75 Å². The number of fused-ring (bicyclic) bond motifs is 1. The molecule has 0 bridgehead atoms. The third-order valence-corrected chi connectivity index (χ3v) is 7.71. The van der Waals surface area contributed by atoms with E-state index in [1.807, 2.05) is 80.6 Å². The molecule has 0 radical (unpaired) electrons. The number of unbranched alkanes of at least 4 members (excludes halogenated alkanes) is 3. The molecule has 1 fully saturated rings. The van der Waals surface area contributed by atoms with Gasteiger partial charge in [-0.05, 0) is 73.2 Å². The Bertz CT molecular complexity index is 1400. The van der Waals surface area contributed by atoms with Crippen LogP contribution < -0.4 is 15.4 Å². The Kier molecular flexibility index (Phi) is 10.7. The molecule has 0 spiro atoms. The van der Waals surface area contributed by atoms with Crippen LogP contribution in [0.5, 0.6) is 5.75 Å². The summed E-state index contributed by atoms with van der Waals surface area (Å²) < 4.78 is 23.1. The van der Waals surface area contributed by atoms with Gasteiger partial charge < -0.3 is 34.5 Å². The quantitative estimate of drug-likeness (QED) is 0.184. The monoisotopic (exact) mass is 601 g/mol. The average molecular weight is 602 g/mol. The lowest BCUT2D eigenvalue weighted by Gasteiger charge is -2.32. The SMILES string of the molecule is CC1(C)OCc2cc(C3CN(CCCCCCOCCCc4cccc(NC(=O)Nc5ccccc5)c4)C(=O)O3)ccc2O1. The Morgan fingerprint density at radius 3 is 2.55 bits per heavy atom. The first-order chi connectivity index (χ1) is 21.3. The number of hydrogen-bond donors (Lipinski definition) is 2. The summed E-state index contributed by atoms with van der Waals surface area (Å²) in [6.45, 7) is 6.97. The Morgan fingerprint density at radius 2 is 1.68 bits per heavy atom. The van der Waals surface area contributed by atoms with E-state index in [0.29, 0.717) is 26.3 Å². The molecule has 3 aromatic carbocycles. The molecule has 0 aromatic heterocycles. The van der Waals surface area contributed by atoms with Crippen molar-refractivity contribution in [2.24, 2.45) is 0 Å². The van der Waals surface area contributed by atoms with E-state index in [1.165, 1.54) is 0 Å². The first kappa shape index (κ1) is 31.3. The van der Waals surface area contributed by atoms with Crippen LogP contribution in [0.25, 0.3) is 0 Å². The molecule has 2 heterocycles. The molecule has 44 heavy (non-hydrogen) atoms. The van der Waals surface area contributed by atoms with Gasteiger partial charge in [-0.2, -0.15) is 0 Å². The van der Waals surface area contributed by atoms with E-state index in [9.17, 15) is 9.59 Å². The van der Waals surface area contributed by atoms with Gasteiger partial charge in [-0.3, -0.25) is 0 Å². The molecule has 2 aliphatic rings. The van der Waals surface area contributed by atoms with Gasteiger partial charge in [-0.15, -0.1) is 0 Å². The third-order valence-electron chi connectivity index (χ3n) is 7.71. The zero-order valence-corrected chi connectivity index (χ0v) is 25.7. The van der Waals surface area contributed by atoms with Crippen LogP contribution >= 0.6 is 0 Å². The Labute approximate surface area is 259 Å². The number of hydrogen-bond acceptors (Lipinski definition) is 6. The molecule has 3 aromatic rings. The van der Waals surface area contributed by atoms with E-state index in [-0.39, 0.29) is 18.2 Å². The molecular weight excluding hydrogens is 558 g/mol. The van der Waals surface area contributed by atoms with Crippen LogP contribution in [-0.4, -0.2) is 49.1 Å². The summed E-state index contributed by atoms with van der Waals surface area (Å²) in [4.78, 5) is 26.5. The highest BCUT2D eigenvalue weighted by molar-refractivity contribution is 5.99. The van der Waals surface area contributed by atoms with Crippen LogP contribution in [0, 0.1) is 0 Å². The molecular formula is C35H43N3O6. The molecule has 9 nitrogen and oxygen atoms in total. The van der Waals surface area contributed by atoms with Gasteiger partial charge in [-0.25, -0.2) is 9.59 Å². The number of nitrogens with one attached hydrogen (secondary N) is 2. The van der Waals surface area contributed by atoms with Gasteiger partial charge in [0.2, 0.25) is 5.79 Å². The highest BCUT2D eigenvalue weighted by Crippen LogP contribution is 2.35. The van der Waals surface area contributed by atoms with E-state index in [2.05, 4.69) is 16.7 Å². The van der Waals surface area contributed by atoms with E-state index in [0.717, 1.165) is 78.9 Å². The highest BCUT2D eigenvalue weighted by Gasteiger charge is 2.33. The van der Waals surface area contributed by atoms with Crippen LogP contribution in [0.15, 0.2) is 72.8 Å². The van der Waals surface area contributed by atoms with Crippen LogP contribution in [0.4, 0.5) is 21.0 Å². The van der Waals surface area contributed by atoms with Gasteiger partial charge in [0.1, 0.15) is 11.9 Å². The van der Waals surface area contributed by atoms with Gasteiger partial charge in [0, 0.05) is 50.5 Å². The van der Waals surface area contributed by atoms with Gasteiger partial charge in [0.05, 0.1) is 13.2 Å². The lowest BCUT2D eigenvalue weighted by Crippen LogP contribution is -2.35. The van der Waals surface area contributed by atoms with Crippen molar-refractivity contribution in [2.45, 2.75) is 70.9 Å². The molecule has 1 atom stereocenters. The van der Waals surface area contributed by atoms with Crippen molar-refractivity contribution in [2.75, 3.05) is 36.9 Å². The van der Waals surface area contributed by atoms with Gasteiger partial charge in [0.15, 0.2) is 0 Å². The number of carbonyl (C=O) groups excluding carboxylic acids is 2. The fourth-order valence-corrected chi connectivity index (χ4v) is 5.38. The van der Waals surface area contributed by atoms with Crippen molar-refractivity contribution in [3.05, 3.63) is 89.5 Å². The molecule has 1 saturated heterocycles. The van der Waals surface area contributed by atoms with Crippen molar-refractivity contribution >= 4 is 23.5 Å². The summed E-state index contributed by atoms with van der Waals surface area (Å²) >= 11 is 0. The van der Waals surface area contributed by atoms with E-state index in [1.54, 1.807) is 4.90 Å². The summed E-state index contributed by atoms with van der Waals surface area (Å²) in [6, 6.07) is 23.0. The zero-order valence-electron chi connectivity index (χ0n) is 25.7. The number of carbonyl (C=O) groups is 2. The predicted octanol–water partition coefficient (Wildman–Crippen LogP) is 7.68. The molecule has 9 heteroatoms. The summed E-state index contributed by atoms with van der Waals surface area (Å²) in [5.74, 6) is 0.189. The Morgan fingerprint density at radius 1 is 0.909 bits per heavy atom. The van der Waals surface area contributed by atoms with Crippen LogP contribution in [-0.2, 0) is 27.2 Å². The maximum atomic E-state index is 12.4. The number of urea groups is 1.